The Labute approximate surface area is 99.7 Å². The third-order valence-corrected chi connectivity index (χ3v) is 3.75. The van der Waals surface area contributed by atoms with E-state index in [4.69, 9.17) is 0 Å². The topological polar surface area (TPSA) is 32.6 Å². The average molecular weight is 239 g/mol. The Hall–Kier alpha value is -0.960. The molecule has 0 aliphatic carbocycles. The van der Waals surface area contributed by atoms with Gasteiger partial charge in [0.25, 0.3) is 0 Å². The molecule has 0 atom stereocenters. The molecule has 0 heterocycles. The molecule has 0 amide bonds. The van der Waals surface area contributed by atoms with Gasteiger partial charge in [-0.2, -0.15) is 0 Å². The Bertz CT molecular complexity index is 380. The lowest BCUT2D eigenvalue weighted by Gasteiger charge is -2.23. The Kier molecular flexibility index (Phi) is 4.42. The van der Waals surface area contributed by atoms with Crippen LogP contribution in [0.4, 0.5) is 0 Å². The number of hydrogen-bond acceptors (Lipinski definition) is 2. The second-order valence-corrected chi connectivity index (χ2v) is 9.37. The fraction of sp³-hybridized carbons (Fsp3) is 0.462. The van der Waals surface area contributed by atoms with Gasteiger partial charge in [0, 0.05) is 17.8 Å². The number of phenols is 1. The Morgan fingerprint density at radius 3 is 2.44 bits per heavy atom. The van der Waals surface area contributed by atoms with E-state index in [2.05, 4.69) is 23.8 Å². The van der Waals surface area contributed by atoms with Gasteiger partial charge in [-0.3, -0.25) is 4.99 Å². The van der Waals surface area contributed by atoms with Crippen LogP contribution >= 0.6 is 10.0 Å². The predicted octanol–water partition coefficient (Wildman–Crippen LogP) is 2.90. The minimum absolute atomic E-state index is 0.312. The van der Waals surface area contributed by atoms with Crippen molar-refractivity contribution in [2.45, 2.75) is 6.92 Å². The first-order valence-electron chi connectivity index (χ1n) is 5.35. The summed E-state index contributed by atoms with van der Waals surface area (Å²) in [5, 5.41) is 9.66. The minimum atomic E-state index is -0.482. The van der Waals surface area contributed by atoms with E-state index in [-0.39, 0.29) is 0 Å². The van der Waals surface area contributed by atoms with Crippen molar-refractivity contribution in [3.8, 4) is 5.75 Å². The number of phenolic OH excluding ortho intramolecular Hbond substituents is 1. The van der Waals surface area contributed by atoms with Crippen molar-refractivity contribution >= 4 is 15.7 Å². The van der Waals surface area contributed by atoms with Gasteiger partial charge in [0.15, 0.2) is 0 Å². The van der Waals surface area contributed by atoms with Gasteiger partial charge in [-0.05, 0) is 43.6 Å². The molecular weight excluding hydrogens is 218 g/mol. The summed E-state index contributed by atoms with van der Waals surface area (Å²) in [4.78, 5) is 4.52. The summed E-state index contributed by atoms with van der Waals surface area (Å²) in [5.41, 5.74) is 1.76. The number of para-hydroxylation sites is 1. The third-order valence-electron chi connectivity index (χ3n) is 2.35. The molecule has 0 saturated carbocycles. The van der Waals surface area contributed by atoms with E-state index in [9.17, 15) is 5.11 Å². The van der Waals surface area contributed by atoms with Crippen molar-refractivity contribution in [3.05, 3.63) is 29.8 Å². The van der Waals surface area contributed by atoms with Crippen molar-refractivity contribution in [1.29, 1.82) is 0 Å². The smallest absolute Gasteiger partial charge is 0.124 e. The molecule has 16 heavy (non-hydrogen) atoms. The molecule has 0 aromatic heterocycles. The average Bonchev–Trinajstić information content (AvgIpc) is 2.16. The van der Waals surface area contributed by atoms with Gasteiger partial charge in [-0.1, -0.05) is 12.1 Å². The molecule has 1 N–H and O–H groups in total. The largest absolute Gasteiger partial charge is 0.507 e. The highest BCUT2D eigenvalue weighted by atomic mass is 32.3. The molecule has 0 spiro atoms. The normalized spacial score (nSPS) is 13.9. The Morgan fingerprint density at radius 1 is 1.25 bits per heavy atom. The van der Waals surface area contributed by atoms with E-state index in [0.29, 0.717) is 5.75 Å². The monoisotopic (exact) mass is 239 g/mol. The molecule has 0 aliphatic heterocycles. The number of benzene rings is 1. The zero-order valence-corrected chi connectivity index (χ0v) is 11.3. The van der Waals surface area contributed by atoms with E-state index in [1.54, 1.807) is 6.07 Å². The van der Waals surface area contributed by atoms with E-state index in [1.807, 2.05) is 25.1 Å². The van der Waals surface area contributed by atoms with Gasteiger partial charge >= 0.3 is 0 Å². The van der Waals surface area contributed by atoms with Crippen LogP contribution in [0.25, 0.3) is 0 Å². The summed E-state index contributed by atoms with van der Waals surface area (Å²) in [6.07, 6.45) is 6.87. The number of aromatic hydroxyl groups is 1. The quantitative estimate of drug-likeness (QED) is 0.805. The lowest BCUT2D eigenvalue weighted by atomic mass is 10.1. The first-order valence-corrected chi connectivity index (χ1v) is 8.38. The number of nitrogens with zero attached hydrogens (tertiary/aromatic N) is 1. The molecule has 1 rings (SSSR count). The highest BCUT2D eigenvalue weighted by Gasteiger charge is 2.05. The van der Waals surface area contributed by atoms with Crippen LogP contribution in [0.3, 0.4) is 0 Å². The molecular formula is C13H21NOS. The van der Waals surface area contributed by atoms with Gasteiger partial charge in [-0.25, -0.2) is 10.0 Å². The Balaban J connectivity index is 2.68. The summed E-state index contributed by atoms with van der Waals surface area (Å²) < 4.78 is 0. The van der Waals surface area contributed by atoms with E-state index < -0.39 is 10.0 Å². The molecule has 0 bridgehead atoms. The van der Waals surface area contributed by atoms with Crippen LogP contribution in [0, 0.1) is 0 Å². The standard InChI is InChI=1S/C13H21NOS/c1-11(14-9-10-16(2,3)4)12-7-5-6-8-13(12)15/h5-8,15H,9-10H2,1-4H3. The van der Waals surface area contributed by atoms with Crippen molar-refractivity contribution in [3.63, 3.8) is 0 Å². The van der Waals surface area contributed by atoms with Gasteiger partial charge in [0.2, 0.25) is 0 Å². The second-order valence-electron chi connectivity index (χ2n) is 4.78. The molecule has 2 nitrogen and oxygen atoms in total. The van der Waals surface area contributed by atoms with Crippen molar-refractivity contribution in [1.82, 2.24) is 0 Å². The summed E-state index contributed by atoms with van der Waals surface area (Å²) in [7, 11) is -0.482. The maximum absolute atomic E-state index is 9.66. The van der Waals surface area contributed by atoms with Crippen molar-refractivity contribution in [2.24, 2.45) is 4.99 Å². The predicted molar refractivity (Wildman–Crippen MR) is 75.4 cm³/mol. The fourth-order valence-corrected chi connectivity index (χ4v) is 1.99. The maximum atomic E-state index is 9.66. The van der Waals surface area contributed by atoms with Crippen LogP contribution in [-0.4, -0.2) is 41.9 Å². The molecule has 0 saturated heterocycles. The second kappa shape index (κ2) is 5.39. The van der Waals surface area contributed by atoms with Gasteiger partial charge < -0.3 is 5.11 Å². The summed E-state index contributed by atoms with van der Waals surface area (Å²) >= 11 is 0. The lowest BCUT2D eigenvalue weighted by Crippen LogP contribution is -2.04. The highest BCUT2D eigenvalue weighted by Crippen LogP contribution is 2.33. The summed E-state index contributed by atoms with van der Waals surface area (Å²) in [5.74, 6) is 1.45. The molecule has 3 heteroatoms. The molecule has 0 unspecified atom stereocenters. The molecule has 1 aromatic carbocycles. The number of rotatable bonds is 4. The van der Waals surface area contributed by atoms with E-state index in [0.717, 1.165) is 23.6 Å². The van der Waals surface area contributed by atoms with Gasteiger partial charge in [0.1, 0.15) is 5.75 Å². The van der Waals surface area contributed by atoms with E-state index in [1.165, 1.54) is 0 Å². The molecule has 90 valence electrons. The summed E-state index contributed by atoms with van der Waals surface area (Å²) in [6.45, 7) is 2.80. The number of aliphatic imine (C=N–C) groups is 1. The first kappa shape index (κ1) is 13.1. The van der Waals surface area contributed by atoms with E-state index >= 15 is 0 Å². The highest BCUT2D eigenvalue weighted by molar-refractivity contribution is 8.32. The van der Waals surface area contributed by atoms with Gasteiger partial charge in [-0.15, -0.1) is 0 Å². The zero-order valence-electron chi connectivity index (χ0n) is 10.5. The zero-order chi connectivity index (χ0) is 12.2. The molecule has 1 aromatic rings. The number of hydrogen-bond donors (Lipinski definition) is 1. The minimum Gasteiger partial charge on any atom is -0.507 e. The van der Waals surface area contributed by atoms with Crippen LogP contribution in [0.2, 0.25) is 0 Å². The Morgan fingerprint density at radius 2 is 1.88 bits per heavy atom. The fourth-order valence-electron chi connectivity index (χ4n) is 1.35. The van der Waals surface area contributed by atoms with Crippen molar-refractivity contribution in [2.75, 3.05) is 31.1 Å². The lowest BCUT2D eigenvalue weighted by molar-refractivity contribution is 0.474. The van der Waals surface area contributed by atoms with Crippen LogP contribution in [0.15, 0.2) is 29.3 Å². The van der Waals surface area contributed by atoms with Crippen LogP contribution in [-0.2, 0) is 0 Å². The molecule has 0 fully saturated rings. The molecule has 0 aliphatic rings. The van der Waals surface area contributed by atoms with Crippen LogP contribution in [0.1, 0.15) is 12.5 Å². The van der Waals surface area contributed by atoms with Crippen LogP contribution < -0.4 is 0 Å². The third kappa shape index (κ3) is 4.27. The van der Waals surface area contributed by atoms with Crippen LogP contribution in [0.5, 0.6) is 5.75 Å². The SMILES string of the molecule is CC(=NCCS(C)(C)C)c1ccccc1O. The molecule has 0 radical (unpaired) electrons. The maximum Gasteiger partial charge on any atom is 0.124 e. The van der Waals surface area contributed by atoms with Crippen molar-refractivity contribution < 1.29 is 5.11 Å². The van der Waals surface area contributed by atoms with Gasteiger partial charge in [0.05, 0.1) is 0 Å². The first-order chi connectivity index (χ1) is 7.40. The summed E-state index contributed by atoms with van der Waals surface area (Å²) in [6, 6.07) is 7.34.